The van der Waals surface area contributed by atoms with Crippen LogP contribution >= 0.6 is 0 Å². The highest BCUT2D eigenvalue weighted by Gasteiger charge is 2.25. The molecule has 1 heterocycles. The van der Waals surface area contributed by atoms with Gasteiger partial charge >= 0.3 is 0 Å². The molecule has 1 aliphatic rings. The first-order valence-corrected chi connectivity index (χ1v) is 7.95. The third-order valence-electron chi connectivity index (χ3n) is 4.13. The second-order valence-electron chi connectivity index (χ2n) is 7.33. The Bertz CT molecular complexity index is 247. The Balaban J connectivity index is 2.31. The van der Waals surface area contributed by atoms with E-state index in [-0.39, 0.29) is 12.1 Å². The third-order valence-corrected chi connectivity index (χ3v) is 4.13. The fourth-order valence-electron chi connectivity index (χ4n) is 3.56. The molecule has 0 aromatic heterocycles. The summed E-state index contributed by atoms with van der Waals surface area (Å²) >= 11 is 0. The predicted octanol–water partition coefficient (Wildman–Crippen LogP) is 2.49. The predicted molar refractivity (Wildman–Crippen MR) is 82.4 cm³/mol. The molecule has 3 unspecified atom stereocenters. The molecule has 3 heteroatoms. The minimum atomic E-state index is -0.124. The van der Waals surface area contributed by atoms with Gasteiger partial charge in [-0.15, -0.1) is 0 Å². The van der Waals surface area contributed by atoms with E-state index in [1.54, 1.807) is 0 Å². The second kappa shape index (κ2) is 7.61. The summed E-state index contributed by atoms with van der Waals surface area (Å²) in [6.45, 7) is 15.0. The summed E-state index contributed by atoms with van der Waals surface area (Å²) in [6.07, 6.45) is 3.58. The molecule has 0 saturated carbocycles. The van der Waals surface area contributed by atoms with Crippen LogP contribution in [0.5, 0.6) is 0 Å². The van der Waals surface area contributed by atoms with Crippen molar-refractivity contribution in [3.8, 4) is 0 Å². The first kappa shape index (κ1) is 16.9. The molecule has 0 aliphatic carbocycles. The van der Waals surface area contributed by atoms with Crippen LogP contribution in [0.3, 0.4) is 0 Å². The fourth-order valence-corrected chi connectivity index (χ4v) is 3.56. The topological polar surface area (TPSA) is 35.5 Å². The Hall–Kier alpha value is -0.120. The maximum Gasteiger partial charge on any atom is 0.0610 e. The fraction of sp³-hybridized carbons (Fsp3) is 1.00. The summed E-state index contributed by atoms with van der Waals surface area (Å²) in [4.78, 5) is 2.60. The van der Waals surface area contributed by atoms with E-state index in [2.05, 4.69) is 44.8 Å². The van der Waals surface area contributed by atoms with Crippen LogP contribution in [0.4, 0.5) is 0 Å². The molecule has 1 fully saturated rings. The highest BCUT2D eigenvalue weighted by molar-refractivity contribution is 4.84. The largest absolute Gasteiger partial charge is 0.394 e. The van der Waals surface area contributed by atoms with E-state index in [4.69, 9.17) is 0 Å². The Kier molecular flexibility index (Phi) is 6.78. The summed E-state index contributed by atoms with van der Waals surface area (Å²) in [7, 11) is 0. The summed E-state index contributed by atoms with van der Waals surface area (Å²) in [5.74, 6) is 1.67. The maximum atomic E-state index is 9.58. The zero-order chi connectivity index (χ0) is 14.5. The molecule has 3 nitrogen and oxygen atoms in total. The second-order valence-corrected chi connectivity index (χ2v) is 7.33. The van der Waals surface area contributed by atoms with Crippen LogP contribution < -0.4 is 5.32 Å². The smallest absolute Gasteiger partial charge is 0.0610 e. The van der Waals surface area contributed by atoms with Gasteiger partial charge in [0, 0.05) is 24.7 Å². The maximum absolute atomic E-state index is 9.58. The van der Waals surface area contributed by atoms with Crippen molar-refractivity contribution in [3.05, 3.63) is 0 Å². The van der Waals surface area contributed by atoms with E-state index in [1.807, 2.05) is 0 Å². The SMILES string of the molecule is CC1CC(C)CN(CCCC(C)(CO)NC(C)C)C1. The molecule has 3 atom stereocenters. The zero-order valence-corrected chi connectivity index (χ0v) is 13.6. The molecule has 114 valence electrons. The first-order chi connectivity index (χ1) is 8.84. The molecule has 0 aromatic carbocycles. The van der Waals surface area contributed by atoms with E-state index in [1.165, 1.54) is 26.1 Å². The number of piperidine rings is 1. The van der Waals surface area contributed by atoms with Crippen LogP contribution in [-0.2, 0) is 0 Å². The Morgan fingerprint density at radius 2 is 1.84 bits per heavy atom. The number of hydrogen-bond acceptors (Lipinski definition) is 3. The lowest BCUT2D eigenvalue weighted by Crippen LogP contribution is -2.49. The van der Waals surface area contributed by atoms with Gasteiger partial charge < -0.3 is 15.3 Å². The highest BCUT2D eigenvalue weighted by atomic mass is 16.3. The minimum Gasteiger partial charge on any atom is -0.394 e. The van der Waals surface area contributed by atoms with Crippen LogP contribution in [0.2, 0.25) is 0 Å². The zero-order valence-electron chi connectivity index (χ0n) is 13.6. The molecule has 2 N–H and O–H groups in total. The van der Waals surface area contributed by atoms with E-state index >= 15 is 0 Å². The first-order valence-electron chi connectivity index (χ1n) is 7.95. The molecular weight excluding hydrogens is 236 g/mol. The Morgan fingerprint density at radius 1 is 1.26 bits per heavy atom. The van der Waals surface area contributed by atoms with E-state index in [0.717, 1.165) is 24.7 Å². The van der Waals surface area contributed by atoms with Crippen LogP contribution in [0.15, 0.2) is 0 Å². The molecular formula is C16H34N2O. The van der Waals surface area contributed by atoms with Gasteiger partial charge in [-0.1, -0.05) is 27.7 Å². The Morgan fingerprint density at radius 3 is 2.32 bits per heavy atom. The van der Waals surface area contributed by atoms with Gasteiger partial charge in [0.25, 0.3) is 0 Å². The summed E-state index contributed by atoms with van der Waals surface area (Å²) in [5, 5.41) is 13.1. The molecule has 0 bridgehead atoms. The lowest BCUT2D eigenvalue weighted by Gasteiger charge is -2.36. The Labute approximate surface area is 119 Å². The molecule has 1 rings (SSSR count). The van der Waals surface area contributed by atoms with Crippen molar-refractivity contribution in [3.63, 3.8) is 0 Å². The van der Waals surface area contributed by atoms with Gasteiger partial charge in [0.2, 0.25) is 0 Å². The summed E-state index contributed by atoms with van der Waals surface area (Å²) in [5.41, 5.74) is -0.124. The van der Waals surface area contributed by atoms with Crippen molar-refractivity contribution in [2.45, 2.75) is 65.5 Å². The van der Waals surface area contributed by atoms with Gasteiger partial charge in [-0.05, 0) is 44.6 Å². The number of hydrogen-bond donors (Lipinski definition) is 2. The van der Waals surface area contributed by atoms with Crippen LogP contribution in [0, 0.1) is 11.8 Å². The van der Waals surface area contributed by atoms with Crippen molar-refractivity contribution in [1.82, 2.24) is 10.2 Å². The third kappa shape index (κ3) is 6.24. The number of rotatable bonds is 7. The van der Waals surface area contributed by atoms with Crippen molar-refractivity contribution in [2.75, 3.05) is 26.2 Å². The normalized spacial score (nSPS) is 28.6. The monoisotopic (exact) mass is 270 g/mol. The minimum absolute atomic E-state index is 0.124. The van der Waals surface area contributed by atoms with Gasteiger partial charge in [0.1, 0.15) is 0 Å². The van der Waals surface area contributed by atoms with Gasteiger partial charge in [-0.3, -0.25) is 0 Å². The average Bonchev–Trinajstić information content (AvgIpc) is 2.26. The highest BCUT2D eigenvalue weighted by Crippen LogP contribution is 2.22. The number of likely N-dealkylation sites (tertiary alicyclic amines) is 1. The van der Waals surface area contributed by atoms with E-state index < -0.39 is 0 Å². The van der Waals surface area contributed by atoms with E-state index in [9.17, 15) is 5.11 Å². The molecule has 0 radical (unpaired) electrons. The van der Waals surface area contributed by atoms with Gasteiger partial charge in [0.05, 0.1) is 6.61 Å². The lowest BCUT2D eigenvalue weighted by atomic mass is 9.91. The molecule has 0 amide bonds. The number of nitrogens with one attached hydrogen (secondary N) is 1. The van der Waals surface area contributed by atoms with Gasteiger partial charge in [-0.25, -0.2) is 0 Å². The van der Waals surface area contributed by atoms with Crippen LogP contribution in [0.25, 0.3) is 0 Å². The van der Waals surface area contributed by atoms with Crippen molar-refractivity contribution in [2.24, 2.45) is 11.8 Å². The van der Waals surface area contributed by atoms with Gasteiger partial charge in [-0.2, -0.15) is 0 Å². The quantitative estimate of drug-likeness (QED) is 0.746. The van der Waals surface area contributed by atoms with Crippen molar-refractivity contribution in [1.29, 1.82) is 0 Å². The van der Waals surface area contributed by atoms with Crippen molar-refractivity contribution >= 4 is 0 Å². The molecule has 1 saturated heterocycles. The molecule has 1 aliphatic heterocycles. The molecule has 0 aromatic rings. The molecule has 0 spiro atoms. The summed E-state index contributed by atoms with van der Waals surface area (Å²) in [6, 6.07) is 0.423. The number of aliphatic hydroxyl groups excluding tert-OH is 1. The summed E-state index contributed by atoms with van der Waals surface area (Å²) < 4.78 is 0. The molecule has 19 heavy (non-hydrogen) atoms. The number of aliphatic hydroxyl groups is 1. The number of nitrogens with zero attached hydrogens (tertiary/aromatic N) is 1. The van der Waals surface area contributed by atoms with E-state index in [0.29, 0.717) is 6.04 Å². The van der Waals surface area contributed by atoms with Crippen LogP contribution in [0.1, 0.15) is 53.9 Å². The van der Waals surface area contributed by atoms with Crippen molar-refractivity contribution < 1.29 is 5.11 Å². The standard InChI is InChI=1S/C16H34N2O/c1-13(2)17-16(5,12-19)7-6-8-18-10-14(3)9-15(4)11-18/h13-15,17,19H,6-12H2,1-5H3. The van der Waals surface area contributed by atoms with Crippen LogP contribution in [-0.4, -0.2) is 47.8 Å². The lowest BCUT2D eigenvalue weighted by molar-refractivity contribution is 0.121. The average molecular weight is 270 g/mol. The van der Waals surface area contributed by atoms with Gasteiger partial charge in [0.15, 0.2) is 0 Å².